The zero-order valence-corrected chi connectivity index (χ0v) is 24.5. The summed E-state index contributed by atoms with van der Waals surface area (Å²) in [6, 6.07) is 13.9. The van der Waals surface area contributed by atoms with Gasteiger partial charge in [0.2, 0.25) is 0 Å². The Labute approximate surface area is 251 Å². The minimum Gasteiger partial charge on any atom is -0.463 e. The summed E-state index contributed by atoms with van der Waals surface area (Å²) in [5.74, 6) is -3.32. The van der Waals surface area contributed by atoms with Crippen LogP contribution < -0.4 is 4.90 Å². The van der Waals surface area contributed by atoms with Crippen molar-refractivity contribution in [2.75, 3.05) is 11.5 Å². The molecule has 1 saturated heterocycles. The van der Waals surface area contributed by atoms with Gasteiger partial charge in [0.25, 0.3) is 5.91 Å². The quantitative estimate of drug-likeness (QED) is 0.244. The predicted molar refractivity (Wildman–Crippen MR) is 153 cm³/mol. The number of rotatable bonds is 8. The SMILES string of the molecule is CC(=O)OC[C@H]1O[C@@H](SC2=N/C(=C/c3ccccn3)C(=O)N2c2ccccc2)[C@H](OC(C)=O)[C@@H](OC(C)=O)[C@H]1OC(C)=O. The third kappa shape index (κ3) is 8.05. The predicted octanol–water partition coefficient (Wildman–Crippen LogP) is 2.64. The summed E-state index contributed by atoms with van der Waals surface area (Å²) in [4.78, 5) is 71.9. The van der Waals surface area contributed by atoms with Crippen LogP contribution in [-0.4, -0.2) is 76.4 Å². The van der Waals surface area contributed by atoms with Gasteiger partial charge in [-0.15, -0.1) is 0 Å². The van der Waals surface area contributed by atoms with Gasteiger partial charge in [0.15, 0.2) is 28.9 Å². The third-order valence-electron chi connectivity index (χ3n) is 5.99. The molecule has 0 aliphatic carbocycles. The number of anilines is 1. The molecule has 0 N–H and O–H groups in total. The lowest BCUT2D eigenvalue weighted by Gasteiger charge is -2.44. The van der Waals surface area contributed by atoms with Gasteiger partial charge in [-0.3, -0.25) is 33.9 Å². The number of hydrogen-bond acceptors (Lipinski definition) is 13. The first-order valence-corrected chi connectivity index (χ1v) is 14.0. The number of thioether (sulfide) groups is 1. The number of carbonyl (C=O) groups is 5. The Bertz CT molecular complexity index is 1430. The summed E-state index contributed by atoms with van der Waals surface area (Å²) in [5.41, 5.74) is -0.0989. The molecular formula is C29H29N3O10S. The molecule has 226 valence electrons. The molecule has 1 aromatic carbocycles. The molecule has 0 unspecified atom stereocenters. The van der Waals surface area contributed by atoms with Crippen LogP contribution in [0.1, 0.15) is 33.4 Å². The Morgan fingerprint density at radius 1 is 0.860 bits per heavy atom. The van der Waals surface area contributed by atoms with E-state index in [1.807, 2.05) is 0 Å². The highest BCUT2D eigenvalue weighted by Crippen LogP contribution is 2.38. The normalized spacial score (nSPS) is 24.2. The molecule has 2 aliphatic rings. The fourth-order valence-corrected chi connectivity index (χ4v) is 5.56. The van der Waals surface area contributed by atoms with Gasteiger partial charge in [0.05, 0.1) is 11.4 Å². The summed E-state index contributed by atoms with van der Waals surface area (Å²) in [6.45, 7) is 4.24. The van der Waals surface area contributed by atoms with Crippen molar-refractivity contribution >= 4 is 58.5 Å². The summed E-state index contributed by atoms with van der Waals surface area (Å²) >= 11 is 0.911. The maximum absolute atomic E-state index is 13.6. The van der Waals surface area contributed by atoms with Gasteiger partial charge < -0.3 is 23.7 Å². The molecule has 5 atom stereocenters. The monoisotopic (exact) mass is 611 g/mol. The molecule has 0 saturated carbocycles. The number of ether oxygens (including phenoxy) is 5. The van der Waals surface area contributed by atoms with Gasteiger partial charge in [0.1, 0.15) is 18.4 Å². The molecule has 43 heavy (non-hydrogen) atoms. The van der Waals surface area contributed by atoms with Gasteiger partial charge in [0, 0.05) is 33.9 Å². The molecule has 14 heteroatoms. The Hall–Kier alpha value is -4.56. The molecule has 2 aromatic rings. The maximum Gasteiger partial charge on any atom is 0.303 e. The highest BCUT2D eigenvalue weighted by atomic mass is 32.2. The van der Waals surface area contributed by atoms with Crippen LogP contribution in [0.2, 0.25) is 0 Å². The van der Waals surface area contributed by atoms with Crippen LogP contribution in [0.25, 0.3) is 6.08 Å². The van der Waals surface area contributed by atoms with Gasteiger partial charge >= 0.3 is 23.9 Å². The van der Waals surface area contributed by atoms with Crippen molar-refractivity contribution in [3.05, 3.63) is 66.1 Å². The van der Waals surface area contributed by atoms with Crippen LogP contribution in [-0.2, 0) is 47.7 Å². The van der Waals surface area contributed by atoms with Crippen molar-refractivity contribution in [3.8, 4) is 0 Å². The van der Waals surface area contributed by atoms with E-state index in [2.05, 4.69) is 9.98 Å². The Morgan fingerprint density at radius 3 is 2.09 bits per heavy atom. The van der Waals surface area contributed by atoms with E-state index in [1.54, 1.807) is 54.7 Å². The smallest absolute Gasteiger partial charge is 0.303 e. The second-order valence-corrected chi connectivity index (χ2v) is 10.4. The Morgan fingerprint density at radius 2 is 1.49 bits per heavy atom. The number of amides is 1. The Kier molecular flexibility index (Phi) is 10.3. The van der Waals surface area contributed by atoms with Crippen molar-refractivity contribution in [2.24, 2.45) is 4.99 Å². The molecule has 13 nitrogen and oxygen atoms in total. The topological polar surface area (TPSA) is 160 Å². The van der Waals surface area contributed by atoms with Crippen LogP contribution in [0.3, 0.4) is 0 Å². The minimum atomic E-state index is -1.36. The van der Waals surface area contributed by atoms with Crippen molar-refractivity contribution in [1.82, 2.24) is 4.98 Å². The number of carbonyl (C=O) groups excluding carboxylic acids is 5. The molecule has 0 bridgehead atoms. The lowest BCUT2D eigenvalue weighted by molar-refractivity contribution is -0.237. The standard InChI is InChI=1S/C29H29N3O10S/c1-16(33)38-15-23-24(39-17(2)34)25(40-18(3)35)26(41-19(4)36)28(42-23)43-29-31-22(14-20-10-8-9-13-30-20)27(37)32(29)21-11-6-5-7-12-21/h5-14,23-26,28H,15H2,1-4H3/b22-14+/t23-,24+,25+,26-,28+/m1/s1. The number of pyridine rings is 1. The second-order valence-electron chi connectivity index (χ2n) is 9.34. The van der Waals surface area contributed by atoms with E-state index in [0.29, 0.717) is 11.4 Å². The fourth-order valence-electron chi connectivity index (χ4n) is 4.37. The molecule has 3 heterocycles. The molecule has 4 rings (SSSR count). The van der Waals surface area contributed by atoms with E-state index in [1.165, 1.54) is 17.9 Å². The van der Waals surface area contributed by atoms with E-state index >= 15 is 0 Å². The summed E-state index contributed by atoms with van der Waals surface area (Å²) < 4.78 is 27.9. The van der Waals surface area contributed by atoms with E-state index < -0.39 is 59.6 Å². The molecule has 0 spiro atoms. The zero-order valence-electron chi connectivity index (χ0n) is 23.7. The summed E-state index contributed by atoms with van der Waals surface area (Å²) in [5, 5.41) is 0.152. The summed E-state index contributed by atoms with van der Waals surface area (Å²) in [6.07, 6.45) is -2.03. The first-order valence-electron chi connectivity index (χ1n) is 13.1. The molecular weight excluding hydrogens is 582 g/mol. The van der Waals surface area contributed by atoms with Gasteiger partial charge in [-0.1, -0.05) is 36.0 Å². The van der Waals surface area contributed by atoms with Crippen LogP contribution in [0.4, 0.5) is 5.69 Å². The molecule has 1 aromatic heterocycles. The lowest BCUT2D eigenvalue weighted by atomic mass is 9.99. The average Bonchev–Trinajstić information content (AvgIpc) is 3.25. The second kappa shape index (κ2) is 14.1. The van der Waals surface area contributed by atoms with Crippen molar-refractivity contribution in [3.63, 3.8) is 0 Å². The van der Waals surface area contributed by atoms with Crippen LogP contribution in [0.15, 0.2) is 65.4 Å². The summed E-state index contributed by atoms with van der Waals surface area (Å²) in [7, 11) is 0. The van der Waals surface area contributed by atoms with Crippen molar-refractivity contribution in [2.45, 2.75) is 57.5 Å². The van der Waals surface area contributed by atoms with E-state index in [0.717, 1.165) is 32.5 Å². The number of esters is 4. The maximum atomic E-state index is 13.6. The van der Waals surface area contributed by atoms with Crippen LogP contribution in [0, 0.1) is 0 Å². The molecule has 0 radical (unpaired) electrons. The number of benzene rings is 1. The highest BCUT2D eigenvalue weighted by Gasteiger charge is 2.53. The lowest BCUT2D eigenvalue weighted by Crippen LogP contribution is -2.61. The minimum absolute atomic E-state index is 0.0793. The number of aliphatic imine (C=N–C) groups is 1. The third-order valence-corrected chi connectivity index (χ3v) is 7.08. The van der Waals surface area contributed by atoms with Crippen molar-refractivity contribution < 1.29 is 47.7 Å². The molecule has 1 fully saturated rings. The fraction of sp³-hybridized carbons (Fsp3) is 0.345. The number of para-hydroxylation sites is 1. The first kappa shape index (κ1) is 31.4. The number of nitrogens with zero attached hydrogens (tertiary/aromatic N) is 3. The number of hydrogen-bond donors (Lipinski definition) is 0. The molecule has 2 aliphatic heterocycles. The zero-order chi connectivity index (χ0) is 31.1. The van der Waals surface area contributed by atoms with E-state index in [4.69, 9.17) is 23.7 Å². The largest absolute Gasteiger partial charge is 0.463 e. The first-order chi connectivity index (χ1) is 20.5. The highest BCUT2D eigenvalue weighted by molar-refractivity contribution is 8.14. The van der Waals surface area contributed by atoms with E-state index in [9.17, 15) is 24.0 Å². The van der Waals surface area contributed by atoms with E-state index in [-0.39, 0.29) is 17.5 Å². The van der Waals surface area contributed by atoms with Gasteiger partial charge in [-0.2, -0.15) is 0 Å². The van der Waals surface area contributed by atoms with Crippen molar-refractivity contribution in [1.29, 1.82) is 0 Å². The van der Waals surface area contributed by atoms with Crippen LogP contribution >= 0.6 is 11.8 Å². The van der Waals surface area contributed by atoms with Gasteiger partial charge in [-0.05, 0) is 30.3 Å². The van der Waals surface area contributed by atoms with Crippen LogP contribution in [0.5, 0.6) is 0 Å². The number of amidine groups is 1. The molecule has 1 amide bonds. The van der Waals surface area contributed by atoms with Gasteiger partial charge in [-0.25, -0.2) is 4.99 Å². The Balaban J connectivity index is 1.78. The average molecular weight is 612 g/mol. The number of aromatic nitrogens is 1.